The van der Waals surface area contributed by atoms with Crippen LogP contribution in [0.1, 0.15) is 27.2 Å². The van der Waals surface area contributed by atoms with Crippen molar-refractivity contribution in [2.75, 3.05) is 6.61 Å². The van der Waals surface area contributed by atoms with Gasteiger partial charge in [-0.05, 0) is 0 Å². The first-order valence-corrected chi connectivity index (χ1v) is 15.2. The van der Waals surface area contributed by atoms with Gasteiger partial charge in [-0.15, -0.1) is 0 Å². The molecule has 5 heteroatoms. The summed E-state index contributed by atoms with van der Waals surface area (Å²) in [5.41, 5.74) is 0. The summed E-state index contributed by atoms with van der Waals surface area (Å²) >= 11 is 5.92. The van der Waals surface area contributed by atoms with Crippen LogP contribution in [0, 0.1) is 0 Å². The number of benzene rings is 3. The fraction of sp³-hybridized carbons (Fsp3) is 0.296. The second-order valence-corrected chi connectivity index (χ2v) is 16.6. The van der Waals surface area contributed by atoms with Gasteiger partial charge in [0.15, 0.2) is 0 Å². The van der Waals surface area contributed by atoms with Gasteiger partial charge in [0.05, 0.1) is 0 Å². The number of thiocarbonyl (C=S) groups is 1. The zero-order valence-electron chi connectivity index (χ0n) is 18.9. The van der Waals surface area contributed by atoms with Gasteiger partial charge in [0.2, 0.25) is 0 Å². The normalized spacial score (nSPS) is 19.0. The molecule has 32 heavy (non-hydrogen) atoms. The van der Waals surface area contributed by atoms with Crippen molar-refractivity contribution in [1.29, 1.82) is 0 Å². The Morgan fingerprint density at radius 3 is 1.88 bits per heavy atom. The van der Waals surface area contributed by atoms with Gasteiger partial charge in [-0.1, -0.05) is 0 Å². The molecule has 1 heterocycles. The monoisotopic (exact) mass is 526 g/mol. The van der Waals surface area contributed by atoms with Gasteiger partial charge in [-0.25, -0.2) is 0 Å². The molecule has 0 aromatic heterocycles. The summed E-state index contributed by atoms with van der Waals surface area (Å²) in [6, 6.07) is 32.2. The number of ether oxygens (including phenoxy) is 1. The molecule has 2 atom stereocenters. The van der Waals surface area contributed by atoms with E-state index in [1.165, 1.54) is 14.8 Å². The van der Waals surface area contributed by atoms with Crippen molar-refractivity contribution in [1.82, 2.24) is 0 Å². The van der Waals surface area contributed by atoms with E-state index >= 15 is 0 Å². The molecule has 0 radical (unpaired) electrons. The second-order valence-electron chi connectivity index (χ2n) is 9.19. The number of rotatable bonds is 7. The van der Waals surface area contributed by atoms with Crippen LogP contribution in [0.25, 0.3) is 0 Å². The molecule has 0 spiro atoms. The van der Waals surface area contributed by atoms with Crippen LogP contribution < -0.4 is 14.8 Å². The first-order valence-electron chi connectivity index (χ1n) is 11.1. The molecule has 1 saturated heterocycles. The summed E-state index contributed by atoms with van der Waals surface area (Å²) in [5, 5.41) is 3.31. The van der Waals surface area contributed by atoms with E-state index in [1.807, 2.05) is 0 Å². The van der Waals surface area contributed by atoms with Crippen LogP contribution in [0.3, 0.4) is 0 Å². The Hall–Kier alpha value is -1.75. The molecule has 166 valence electrons. The summed E-state index contributed by atoms with van der Waals surface area (Å²) < 4.78 is 14.6. The minimum absolute atomic E-state index is 0.0136. The SMILES string of the molecule is CC(C)(C)[Si](OC[C@@H]1CC([Se]c2ccccc2)C(=S)O1)(c1ccccc1)c1ccccc1. The van der Waals surface area contributed by atoms with E-state index in [0.717, 1.165) is 11.5 Å². The zero-order valence-corrected chi connectivity index (χ0v) is 22.4. The van der Waals surface area contributed by atoms with E-state index in [0.29, 0.717) is 11.4 Å². The number of hydrogen-bond acceptors (Lipinski definition) is 3. The molecule has 0 saturated carbocycles. The van der Waals surface area contributed by atoms with E-state index in [-0.39, 0.29) is 26.1 Å². The van der Waals surface area contributed by atoms with E-state index in [9.17, 15) is 0 Å². The minimum atomic E-state index is -2.55. The molecule has 3 aromatic carbocycles. The molecule has 0 amide bonds. The molecule has 4 rings (SSSR count). The first-order chi connectivity index (χ1) is 15.4. The quantitative estimate of drug-likeness (QED) is 0.335. The molecular weight excluding hydrogens is 495 g/mol. The molecule has 1 aliphatic rings. The van der Waals surface area contributed by atoms with Crippen LogP contribution in [-0.4, -0.2) is 41.0 Å². The predicted octanol–water partition coefficient (Wildman–Crippen LogP) is 4.50. The molecule has 1 fully saturated rings. The van der Waals surface area contributed by atoms with Crippen molar-refractivity contribution < 1.29 is 9.16 Å². The summed E-state index contributed by atoms with van der Waals surface area (Å²) in [6.45, 7) is 7.48. The van der Waals surface area contributed by atoms with Gasteiger partial charge in [-0.2, -0.15) is 0 Å². The maximum atomic E-state index is 7.06. The third-order valence-corrected chi connectivity index (χ3v) is 14.3. The van der Waals surface area contributed by atoms with Crippen LogP contribution in [0.4, 0.5) is 0 Å². The summed E-state index contributed by atoms with van der Waals surface area (Å²) in [7, 11) is -2.55. The number of hydrogen-bond donors (Lipinski definition) is 0. The molecular formula is C27H30O2SSeSi. The van der Waals surface area contributed by atoms with Crippen LogP contribution >= 0.6 is 12.2 Å². The average Bonchev–Trinajstić information content (AvgIpc) is 3.14. The van der Waals surface area contributed by atoms with Crippen molar-refractivity contribution in [2.45, 2.75) is 43.2 Å². The van der Waals surface area contributed by atoms with Gasteiger partial charge in [0.25, 0.3) is 0 Å². The van der Waals surface area contributed by atoms with Crippen molar-refractivity contribution in [3.8, 4) is 0 Å². The molecule has 0 aliphatic carbocycles. The van der Waals surface area contributed by atoms with Gasteiger partial charge in [0.1, 0.15) is 0 Å². The molecule has 1 unspecified atom stereocenters. The van der Waals surface area contributed by atoms with E-state index < -0.39 is 8.32 Å². The Kier molecular flexibility index (Phi) is 7.33. The van der Waals surface area contributed by atoms with Crippen molar-refractivity contribution in [3.05, 3.63) is 91.0 Å². The third-order valence-electron chi connectivity index (χ3n) is 5.95. The van der Waals surface area contributed by atoms with E-state index in [2.05, 4.69) is 112 Å². The Morgan fingerprint density at radius 1 is 0.875 bits per heavy atom. The Bertz CT molecular complexity index is 982. The van der Waals surface area contributed by atoms with Crippen LogP contribution in [0.15, 0.2) is 91.0 Å². The molecule has 2 nitrogen and oxygen atoms in total. The van der Waals surface area contributed by atoms with E-state index in [4.69, 9.17) is 21.4 Å². The Morgan fingerprint density at radius 2 is 1.38 bits per heavy atom. The topological polar surface area (TPSA) is 18.5 Å². The van der Waals surface area contributed by atoms with Crippen LogP contribution in [-0.2, 0) is 9.16 Å². The fourth-order valence-electron chi connectivity index (χ4n) is 4.46. The maximum absolute atomic E-state index is 7.06. The summed E-state index contributed by atoms with van der Waals surface area (Å²) in [4.78, 5) is 0.327. The molecule has 3 aromatic rings. The van der Waals surface area contributed by atoms with Gasteiger partial charge < -0.3 is 0 Å². The van der Waals surface area contributed by atoms with E-state index in [1.54, 1.807) is 0 Å². The van der Waals surface area contributed by atoms with Crippen molar-refractivity contribution in [2.24, 2.45) is 0 Å². The Labute approximate surface area is 204 Å². The van der Waals surface area contributed by atoms with Gasteiger partial charge in [0, 0.05) is 0 Å². The van der Waals surface area contributed by atoms with Crippen LogP contribution in [0.2, 0.25) is 9.85 Å². The molecule has 0 bridgehead atoms. The van der Waals surface area contributed by atoms with Crippen LogP contribution in [0.5, 0.6) is 0 Å². The van der Waals surface area contributed by atoms with Crippen molar-refractivity contribution in [3.63, 3.8) is 0 Å². The second kappa shape index (κ2) is 10.0. The molecule has 0 N–H and O–H groups in total. The van der Waals surface area contributed by atoms with Gasteiger partial charge >= 0.3 is 205 Å². The Balaban J connectivity index is 1.58. The zero-order chi connectivity index (χ0) is 22.6. The fourth-order valence-corrected chi connectivity index (χ4v) is 11.9. The van der Waals surface area contributed by atoms with Gasteiger partial charge in [-0.3, -0.25) is 0 Å². The average molecular weight is 526 g/mol. The third kappa shape index (κ3) is 4.93. The predicted molar refractivity (Wildman–Crippen MR) is 141 cm³/mol. The standard InChI is InChI=1S/C27H30O2SSeSi/c1-27(2,3)32(23-15-9-5-10-16-23,24-17-11-6-12-18-24)28-20-21-19-25(26(30)29-21)31-22-13-7-4-8-14-22/h4-18,21,25H,19-20H2,1-3H3/t21-,25?/m0/s1. The first kappa shape index (κ1) is 23.4. The summed E-state index contributed by atoms with van der Waals surface area (Å²) in [6.07, 6.45) is 0.950. The van der Waals surface area contributed by atoms with Crippen molar-refractivity contribution >= 4 is 55.4 Å². The molecule has 1 aliphatic heterocycles. The summed E-state index contributed by atoms with van der Waals surface area (Å²) in [5.74, 6) is 0.